The van der Waals surface area contributed by atoms with Crippen LogP contribution in [0.4, 0.5) is 0 Å². The minimum Gasteiger partial charge on any atom is -0.391 e. The van der Waals surface area contributed by atoms with Crippen molar-refractivity contribution in [2.75, 3.05) is 0 Å². The van der Waals surface area contributed by atoms with Gasteiger partial charge in [0.05, 0.1) is 6.10 Å². The summed E-state index contributed by atoms with van der Waals surface area (Å²) in [6.45, 7) is 1.59. The predicted octanol–water partition coefficient (Wildman–Crippen LogP) is 1.48. The summed E-state index contributed by atoms with van der Waals surface area (Å²) < 4.78 is 1.95. The number of hydrogen-bond donors (Lipinski definition) is 2. The van der Waals surface area contributed by atoms with Crippen molar-refractivity contribution >= 4 is 0 Å². The van der Waals surface area contributed by atoms with Crippen LogP contribution in [-0.4, -0.2) is 37.0 Å². The molecule has 6 nitrogen and oxygen atoms in total. The molecule has 3 atom stereocenters. The van der Waals surface area contributed by atoms with Gasteiger partial charge in [-0.3, -0.25) is 4.68 Å². The Labute approximate surface area is 136 Å². The normalized spacial score (nSPS) is 27.4. The molecule has 0 amide bonds. The second-order valence-corrected chi connectivity index (χ2v) is 6.84. The molecule has 4 rings (SSSR count). The lowest BCUT2D eigenvalue weighted by Gasteiger charge is -2.16. The minimum atomic E-state index is -0.290. The zero-order chi connectivity index (χ0) is 15.6. The summed E-state index contributed by atoms with van der Waals surface area (Å²) in [7, 11) is 0. The molecule has 0 spiro atoms. The van der Waals surface area contributed by atoms with Crippen molar-refractivity contribution < 1.29 is 5.11 Å². The van der Waals surface area contributed by atoms with Gasteiger partial charge in [0, 0.05) is 55.4 Å². The van der Waals surface area contributed by atoms with Crippen LogP contribution < -0.4 is 5.32 Å². The maximum atomic E-state index is 10.3. The van der Waals surface area contributed by atoms with Crippen molar-refractivity contribution in [3.05, 3.63) is 42.2 Å². The second kappa shape index (κ2) is 6.37. The molecular weight excluding hydrogens is 290 g/mol. The summed E-state index contributed by atoms with van der Waals surface area (Å²) in [4.78, 5) is 8.89. The highest BCUT2D eigenvalue weighted by Crippen LogP contribution is 2.37. The van der Waals surface area contributed by atoms with Crippen molar-refractivity contribution in [1.29, 1.82) is 0 Å². The van der Waals surface area contributed by atoms with E-state index in [2.05, 4.69) is 20.4 Å². The van der Waals surface area contributed by atoms with Crippen LogP contribution in [0.2, 0.25) is 0 Å². The van der Waals surface area contributed by atoms with Crippen molar-refractivity contribution in [3.8, 4) is 0 Å². The molecule has 0 aromatic carbocycles. The summed E-state index contributed by atoms with van der Waals surface area (Å²) in [5.74, 6) is 2.04. The van der Waals surface area contributed by atoms with E-state index in [1.165, 1.54) is 12.8 Å². The van der Waals surface area contributed by atoms with Crippen LogP contribution in [0.3, 0.4) is 0 Å². The molecule has 0 radical (unpaired) electrons. The van der Waals surface area contributed by atoms with Gasteiger partial charge in [-0.2, -0.15) is 5.10 Å². The maximum Gasteiger partial charge on any atom is 0.131 e. The van der Waals surface area contributed by atoms with E-state index in [0.717, 1.165) is 30.8 Å². The molecule has 0 bridgehead atoms. The van der Waals surface area contributed by atoms with Gasteiger partial charge in [0.1, 0.15) is 5.82 Å². The molecule has 6 heteroatoms. The third-order valence-electron chi connectivity index (χ3n) is 4.87. The van der Waals surface area contributed by atoms with Crippen LogP contribution in [0.1, 0.15) is 43.0 Å². The lowest BCUT2D eigenvalue weighted by Crippen LogP contribution is -2.35. The quantitative estimate of drug-likeness (QED) is 0.845. The fourth-order valence-corrected chi connectivity index (χ4v) is 3.42. The second-order valence-electron chi connectivity index (χ2n) is 6.84. The molecule has 2 fully saturated rings. The maximum absolute atomic E-state index is 10.3. The molecule has 0 aliphatic heterocycles. The molecule has 0 saturated heterocycles. The Bertz CT molecular complexity index is 623. The largest absolute Gasteiger partial charge is 0.391 e. The van der Waals surface area contributed by atoms with E-state index in [1.54, 1.807) is 6.20 Å². The van der Waals surface area contributed by atoms with Crippen LogP contribution in [-0.2, 0) is 13.1 Å². The highest BCUT2D eigenvalue weighted by Gasteiger charge is 2.32. The molecule has 2 saturated carbocycles. The van der Waals surface area contributed by atoms with Crippen molar-refractivity contribution in [3.63, 3.8) is 0 Å². The average molecular weight is 313 g/mol. The van der Waals surface area contributed by atoms with Gasteiger partial charge in [-0.15, -0.1) is 0 Å². The number of aliphatic hydroxyl groups excluding tert-OH is 1. The number of aromatic nitrogens is 4. The molecule has 2 aliphatic rings. The summed E-state index contributed by atoms with van der Waals surface area (Å²) >= 11 is 0. The fraction of sp³-hybridized carbons (Fsp3) is 0.588. The van der Waals surface area contributed by atoms with Crippen molar-refractivity contribution in [2.24, 2.45) is 5.92 Å². The highest BCUT2D eigenvalue weighted by atomic mass is 16.3. The van der Waals surface area contributed by atoms with E-state index in [-0.39, 0.29) is 12.1 Å². The van der Waals surface area contributed by atoms with Crippen LogP contribution in [0.15, 0.2) is 30.9 Å². The van der Waals surface area contributed by atoms with E-state index < -0.39 is 0 Å². The minimum absolute atomic E-state index is 0.138. The SMILES string of the molecule is O[C@@H]1CC(Cn2cccn2)C[C@H]1NCc1cnc(C2CC2)nc1. The highest BCUT2D eigenvalue weighted by molar-refractivity contribution is 5.11. The lowest BCUT2D eigenvalue weighted by molar-refractivity contribution is 0.145. The molecule has 2 aliphatic carbocycles. The lowest BCUT2D eigenvalue weighted by atomic mass is 10.1. The standard InChI is InChI=1S/C17H23N5O/c23-16-7-12(11-22-5-1-4-21-22)6-15(16)18-8-13-9-19-17(20-10-13)14-2-3-14/h1,4-5,9-10,12,14-16,18,23H,2-3,6-8,11H2/t12?,15-,16-/m1/s1. The number of nitrogens with one attached hydrogen (secondary N) is 1. The topological polar surface area (TPSA) is 75.9 Å². The van der Waals surface area contributed by atoms with Gasteiger partial charge in [-0.1, -0.05) is 0 Å². The zero-order valence-corrected chi connectivity index (χ0v) is 13.2. The zero-order valence-electron chi connectivity index (χ0n) is 13.2. The van der Waals surface area contributed by atoms with Gasteiger partial charge in [-0.05, 0) is 37.7 Å². The Morgan fingerprint density at radius 1 is 1.22 bits per heavy atom. The predicted molar refractivity (Wildman–Crippen MR) is 85.6 cm³/mol. The van der Waals surface area contributed by atoms with Gasteiger partial charge >= 0.3 is 0 Å². The molecule has 2 aromatic heterocycles. The third kappa shape index (κ3) is 3.59. The Kier molecular flexibility index (Phi) is 4.10. The van der Waals surface area contributed by atoms with Crippen LogP contribution >= 0.6 is 0 Å². The van der Waals surface area contributed by atoms with E-state index in [9.17, 15) is 5.11 Å². The molecule has 2 N–H and O–H groups in total. The summed E-state index contributed by atoms with van der Waals surface area (Å²) in [6, 6.07) is 2.07. The number of hydrogen-bond acceptors (Lipinski definition) is 5. The van der Waals surface area contributed by atoms with E-state index in [1.807, 2.05) is 29.3 Å². The van der Waals surface area contributed by atoms with Crippen molar-refractivity contribution in [1.82, 2.24) is 25.1 Å². The number of aliphatic hydroxyl groups is 1. The Hall–Kier alpha value is -1.79. The van der Waals surface area contributed by atoms with E-state index >= 15 is 0 Å². The first kappa shape index (κ1) is 14.8. The van der Waals surface area contributed by atoms with Crippen LogP contribution in [0.25, 0.3) is 0 Å². The van der Waals surface area contributed by atoms with Crippen LogP contribution in [0.5, 0.6) is 0 Å². The average Bonchev–Trinajstić information content (AvgIpc) is 3.18. The first-order chi connectivity index (χ1) is 11.3. The van der Waals surface area contributed by atoms with Crippen molar-refractivity contribution in [2.45, 2.75) is 56.8 Å². The molecular formula is C17H23N5O. The van der Waals surface area contributed by atoms with E-state index in [0.29, 0.717) is 18.4 Å². The smallest absolute Gasteiger partial charge is 0.131 e. The Morgan fingerprint density at radius 3 is 2.74 bits per heavy atom. The Morgan fingerprint density at radius 2 is 2.04 bits per heavy atom. The molecule has 23 heavy (non-hydrogen) atoms. The fourth-order valence-electron chi connectivity index (χ4n) is 3.42. The summed E-state index contributed by atoms with van der Waals surface area (Å²) in [5.41, 5.74) is 1.08. The molecule has 2 heterocycles. The molecule has 122 valence electrons. The van der Waals surface area contributed by atoms with Gasteiger partial charge in [0.25, 0.3) is 0 Å². The van der Waals surface area contributed by atoms with Gasteiger partial charge in [0.15, 0.2) is 0 Å². The van der Waals surface area contributed by atoms with Gasteiger partial charge in [0.2, 0.25) is 0 Å². The Balaban J connectivity index is 1.28. The summed E-state index contributed by atoms with van der Waals surface area (Å²) in [6.07, 6.45) is 11.6. The molecule has 1 unspecified atom stereocenters. The summed E-state index contributed by atoms with van der Waals surface area (Å²) in [5, 5.41) is 18.0. The number of rotatable bonds is 6. The number of nitrogens with zero attached hydrogens (tertiary/aromatic N) is 4. The van der Waals surface area contributed by atoms with Gasteiger partial charge < -0.3 is 10.4 Å². The first-order valence-corrected chi connectivity index (χ1v) is 8.47. The third-order valence-corrected chi connectivity index (χ3v) is 4.87. The first-order valence-electron chi connectivity index (χ1n) is 8.47. The monoisotopic (exact) mass is 313 g/mol. The van der Waals surface area contributed by atoms with Crippen LogP contribution in [0, 0.1) is 5.92 Å². The van der Waals surface area contributed by atoms with E-state index in [4.69, 9.17) is 0 Å². The molecule has 2 aromatic rings. The van der Waals surface area contributed by atoms with Gasteiger partial charge in [-0.25, -0.2) is 9.97 Å².